The number of hydrogen-bond donors (Lipinski definition) is 1. The zero-order valence-electron chi connectivity index (χ0n) is 9.61. The molecule has 0 unspecified atom stereocenters. The lowest BCUT2D eigenvalue weighted by atomic mass is 10.2. The van der Waals surface area contributed by atoms with E-state index in [0.29, 0.717) is 5.15 Å². The van der Waals surface area contributed by atoms with Crippen LogP contribution >= 0.6 is 22.9 Å². The molecular formula is C12H14ClN3S. The van der Waals surface area contributed by atoms with Crippen LogP contribution in [-0.4, -0.2) is 9.97 Å². The van der Waals surface area contributed by atoms with Gasteiger partial charge in [-0.1, -0.05) is 24.9 Å². The summed E-state index contributed by atoms with van der Waals surface area (Å²) >= 11 is 7.77. The second-order valence-electron chi connectivity index (χ2n) is 3.73. The molecule has 17 heavy (non-hydrogen) atoms. The summed E-state index contributed by atoms with van der Waals surface area (Å²) in [7, 11) is 0. The number of aromatic nitrogens is 2. The number of anilines is 1. The molecular weight excluding hydrogens is 254 g/mol. The van der Waals surface area contributed by atoms with Crippen LogP contribution in [0.25, 0.3) is 0 Å². The first-order valence-corrected chi connectivity index (χ1v) is 6.87. The Morgan fingerprint density at radius 1 is 1.41 bits per heavy atom. The predicted octanol–water partition coefficient (Wildman–Crippen LogP) is 3.76. The molecule has 2 aromatic rings. The molecule has 0 aliphatic rings. The average Bonchev–Trinajstić information content (AvgIpc) is 2.83. The fourth-order valence-electron chi connectivity index (χ4n) is 1.59. The van der Waals surface area contributed by atoms with Crippen molar-refractivity contribution in [1.29, 1.82) is 0 Å². The molecule has 0 radical (unpaired) electrons. The Morgan fingerprint density at radius 3 is 3.00 bits per heavy atom. The summed E-state index contributed by atoms with van der Waals surface area (Å²) < 4.78 is 0. The molecule has 0 saturated heterocycles. The standard InChI is InChI=1S/C12H14ClN3S/c1-2-3-10-11(13)15-8-16-12(10)14-6-9-4-5-17-7-9/h4-5,7-8H,2-3,6H2,1H3,(H,14,15,16). The highest BCUT2D eigenvalue weighted by atomic mass is 35.5. The molecule has 2 aromatic heterocycles. The fourth-order valence-corrected chi connectivity index (χ4v) is 2.49. The summed E-state index contributed by atoms with van der Waals surface area (Å²) in [4.78, 5) is 8.27. The summed E-state index contributed by atoms with van der Waals surface area (Å²) in [6, 6.07) is 2.10. The Kier molecular flexibility index (Phi) is 4.34. The summed E-state index contributed by atoms with van der Waals surface area (Å²) in [5, 5.41) is 8.05. The maximum Gasteiger partial charge on any atom is 0.137 e. The van der Waals surface area contributed by atoms with Gasteiger partial charge in [0.05, 0.1) is 0 Å². The van der Waals surface area contributed by atoms with Crippen LogP contribution < -0.4 is 5.32 Å². The molecule has 3 nitrogen and oxygen atoms in total. The molecule has 0 fully saturated rings. The number of nitrogens with zero attached hydrogens (tertiary/aromatic N) is 2. The van der Waals surface area contributed by atoms with E-state index in [1.54, 1.807) is 11.3 Å². The summed E-state index contributed by atoms with van der Waals surface area (Å²) in [6.45, 7) is 2.89. The van der Waals surface area contributed by atoms with Gasteiger partial charge in [-0.3, -0.25) is 0 Å². The van der Waals surface area contributed by atoms with Crippen LogP contribution in [0.2, 0.25) is 5.15 Å². The lowest BCUT2D eigenvalue weighted by molar-refractivity contribution is 0.897. The number of rotatable bonds is 5. The Bertz CT molecular complexity index is 471. The first-order valence-electron chi connectivity index (χ1n) is 5.55. The molecule has 5 heteroatoms. The van der Waals surface area contributed by atoms with Gasteiger partial charge in [0.25, 0.3) is 0 Å². The largest absolute Gasteiger partial charge is 0.366 e. The van der Waals surface area contributed by atoms with Gasteiger partial charge in [0.15, 0.2) is 0 Å². The van der Waals surface area contributed by atoms with Crippen molar-refractivity contribution in [3.05, 3.63) is 39.4 Å². The van der Waals surface area contributed by atoms with Gasteiger partial charge in [-0.15, -0.1) is 0 Å². The highest BCUT2D eigenvalue weighted by Gasteiger charge is 2.08. The van der Waals surface area contributed by atoms with E-state index in [-0.39, 0.29) is 0 Å². The van der Waals surface area contributed by atoms with Crippen LogP contribution in [0.1, 0.15) is 24.5 Å². The zero-order valence-corrected chi connectivity index (χ0v) is 11.2. The van der Waals surface area contributed by atoms with E-state index in [9.17, 15) is 0 Å². The molecule has 0 bridgehead atoms. The molecule has 0 amide bonds. The second kappa shape index (κ2) is 5.98. The summed E-state index contributed by atoms with van der Waals surface area (Å²) in [5.74, 6) is 0.845. The molecule has 90 valence electrons. The molecule has 2 heterocycles. The second-order valence-corrected chi connectivity index (χ2v) is 4.86. The van der Waals surface area contributed by atoms with Gasteiger partial charge in [0, 0.05) is 12.1 Å². The lowest BCUT2D eigenvalue weighted by Gasteiger charge is -2.10. The van der Waals surface area contributed by atoms with Crippen molar-refractivity contribution in [2.75, 3.05) is 5.32 Å². The highest BCUT2D eigenvalue weighted by Crippen LogP contribution is 2.22. The van der Waals surface area contributed by atoms with Crippen LogP contribution in [0, 0.1) is 0 Å². The van der Waals surface area contributed by atoms with Crippen molar-refractivity contribution < 1.29 is 0 Å². The lowest BCUT2D eigenvalue weighted by Crippen LogP contribution is -2.05. The molecule has 0 atom stereocenters. The minimum Gasteiger partial charge on any atom is -0.366 e. The van der Waals surface area contributed by atoms with Gasteiger partial charge in [-0.05, 0) is 28.8 Å². The van der Waals surface area contributed by atoms with Crippen LogP contribution in [0.15, 0.2) is 23.2 Å². The van der Waals surface area contributed by atoms with Crippen molar-refractivity contribution in [2.45, 2.75) is 26.3 Å². The molecule has 0 aliphatic heterocycles. The quantitative estimate of drug-likeness (QED) is 0.839. The van der Waals surface area contributed by atoms with Gasteiger partial charge in [-0.2, -0.15) is 11.3 Å². The van der Waals surface area contributed by atoms with Crippen molar-refractivity contribution in [3.63, 3.8) is 0 Å². The van der Waals surface area contributed by atoms with Crippen LogP contribution in [0.3, 0.4) is 0 Å². The summed E-state index contributed by atoms with van der Waals surface area (Å²) in [6.07, 6.45) is 3.42. The van der Waals surface area contributed by atoms with Crippen LogP contribution in [-0.2, 0) is 13.0 Å². The Balaban J connectivity index is 2.11. The fraction of sp³-hybridized carbons (Fsp3) is 0.333. The third kappa shape index (κ3) is 3.17. The van der Waals surface area contributed by atoms with E-state index >= 15 is 0 Å². The molecule has 1 N–H and O–H groups in total. The number of thiophene rings is 1. The first kappa shape index (κ1) is 12.3. The van der Waals surface area contributed by atoms with Crippen LogP contribution in [0.4, 0.5) is 5.82 Å². The van der Waals surface area contributed by atoms with Gasteiger partial charge >= 0.3 is 0 Å². The molecule has 0 aromatic carbocycles. The first-order chi connectivity index (χ1) is 8.31. The van der Waals surface area contributed by atoms with Gasteiger partial charge < -0.3 is 5.32 Å². The predicted molar refractivity (Wildman–Crippen MR) is 72.7 cm³/mol. The van der Waals surface area contributed by atoms with Crippen LogP contribution in [0.5, 0.6) is 0 Å². The van der Waals surface area contributed by atoms with Crippen molar-refractivity contribution in [1.82, 2.24) is 9.97 Å². The number of nitrogens with one attached hydrogen (secondary N) is 1. The van der Waals surface area contributed by atoms with E-state index in [1.165, 1.54) is 11.9 Å². The van der Waals surface area contributed by atoms with Gasteiger partial charge in [0.1, 0.15) is 17.3 Å². The normalized spacial score (nSPS) is 10.5. The average molecular weight is 268 g/mol. The van der Waals surface area contributed by atoms with Crippen molar-refractivity contribution in [2.24, 2.45) is 0 Å². The number of halogens is 1. The third-order valence-electron chi connectivity index (χ3n) is 2.43. The topological polar surface area (TPSA) is 37.8 Å². The highest BCUT2D eigenvalue weighted by molar-refractivity contribution is 7.07. The van der Waals surface area contributed by atoms with Crippen molar-refractivity contribution in [3.8, 4) is 0 Å². The monoisotopic (exact) mass is 267 g/mol. The minimum absolute atomic E-state index is 0.551. The zero-order chi connectivity index (χ0) is 12.1. The maximum atomic E-state index is 6.08. The van der Waals surface area contributed by atoms with E-state index in [0.717, 1.165) is 30.8 Å². The number of hydrogen-bond acceptors (Lipinski definition) is 4. The molecule has 0 saturated carbocycles. The SMILES string of the molecule is CCCc1c(Cl)ncnc1NCc1ccsc1. The third-order valence-corrected chi connectivity index (χ3v) is 3.49. The minimum atomic E-state index is 0.551. The van der Waals surface area contributed by atoms with Gasteiger partial charge in [0.2, 0.25) is 0 Å². The Hall–Kier alpha value is -1.13. The molecule has 0 spiro atoms. The van der Waals surface area contributed by atoms with Gasteiger partial charge in [-0.25, -0.2) is 9.97 Å². The van der Waals surface area contributed by atoms with Crippen molar-refractivity contribution >= 4 is 28.8 Å². The molecule has 0 aliphatic carbocycles. The van der Waals surface area contributed by atoms with E-state index in [2.05, 4.69) is 39.0 Å². The summed E-state index contributed by atoms with van der Waals surface area (Å²) in [5.41, 5.74) is 2.26. The maximum absolute atomic E-state index is 6.08. The Morgan fingerprint density at radius 2 is 2.29 bits per heavy atom. The van der Waals surface area contributed by atoms with E-state index in [4.69, 9.17) is 11.6 Å². The van der Waals surface area contributed by atoms with E-state index < -0.39 is 0 Å². The molecule has 2 rings (SSSR count). The van der Waals surface area contributed by atoms with E-state index in [1.807, 2.05) is 0 Å². The smallest absolute Gasteiger partial charge is 0.137 e. The Labute approximate surface area is 110 Å².